The van der Waals surface area contributed by atoms with Gasteiger partial charge in [-0.25, -0.2) is 4.79 Å². The number of ether oxygens (including phenoxy) is 1. The van der Waals surface area contributed by atoms with Gasteiger partial charge >= 0.3 is 6.03 Å². The number of carbonyl (C=O) groups excluding carboxylic acids is 1. The van der Waals surface area contributed by atoms with E-state index in [4.69, 9.17) is 4.74 Å². The highest BCUT2D eigenvalue weighted by atomic mass is 32.2. The van der Waals surface area contributed by atoms with Gasteiger partial charge in [0.05, 0.1) is 18.8 Å². The molecule has 1 heterocycles. The SMILES string of the molecule is COc1ccccc1NC(=O)N1CCSC[C@H]1c1ccc(C)cc1. The third-order valence-electron chi connectivity index (χ3n) is 4.20. The van der Waals surface area contributed by atoms with E-state index in [0.717, 1.165) is 18.1 Å². The minimum atomic E-state index is -0.0784. The van der Waals surface area contributed by atoms with E-state index in [1.165, 1.54) is 11.1 Å². The first-order valence-corrected chi connectivity index (χ1v) is 9.19. The Morgan fingerprint density at radius 3 is 2.71 bits per heavy atom. The molecule has 1 atom stereocenters. The quantitative estimate of drug-likeness (QED) is 0.903. The highest BCUT2D eigenvalue weighted by molar-refractivity contribution is 7.99. The fourth-order valence-corrected chi connectivity index (χ4v) is 3.93. The summed E-state index contributed by atoms with van der Waals surface area (Å²) in [6, 6.07) is 15.9. The summed E-state index contributed by atoms with van der Waals surface area (Å²) >= 11 is 1.89. The highest BCUT2D eigenvalue weighted by Crippen LogP contribution is 2.31. The molecule has 1 saturated heterocycles. The van der Waals surface area contributed by atoms with Gasteiger partial charge in [-0.3, -0.25) is 0 Å². The van der Waals surface area contributed by atoms with Crippen LogP contribution < -0.4 is 10.1 Å². The molecule has 1 fully saturated rings. The molecule has 4 nitrogen and oxygen atoms in total. The molecule has 0 saturated carbocycles. The van der Waals surface area contributed by atoms with E-state index >= 15 is 0 Å². The Hall–Kier alpha value is -2.14. The zero-order chi connectivity index (χ0) is 16.9. The van der Waals surface area contributed by atoms with Gasteiger partial charge in [0, 0.05) is 18.1 Å². The van der Waals surface area contributed by atoms with Gasteiger partial charge in [0.25, 0.3) is 0 Å². The molecule has 0 spiro atoms. The number of aryl methyl sites for hydroxylation is 1. The van der Waals surface area contributed by atoms with Crippen LogP contribution in [0.15, 0.2) is 48.5 Å². The summed E-state index contributed by atoms with van der Waals surface area (Å²) in [4.78, 5) is 14.8. The number of nitrogens with one attached hydrogen (secondary N) is 1. The smallest absolute Gasteiger partial charge is 0.322 e. The van der Waals surface area contributed by atoms with Crippen molar-refractivity contribution in [1.29, 1.82) is 0 Å². The molecule has 2 aromatic rings. The van der Waals surface area contributed by atoms with Gasteiger partial charge in [-0.05, 0) is 24.6 Å². The molecule has 0 aliphatic carbocycles. The largest absolute Gasteiger partial charge is 0.495 e. The Bertz CT molecular complexity index is 703. The first-order chi connectivity index (χ1) is 11.7. The van der Waals surface area contributed by atoms with Gasteiger partial charge in [0.2, 0.25) is 0 Å². The summed E-state index contributed by atoms with van der Waals surface area (Å²) in [6.07, 6.45) is 0. The second-order valence-corrected chi connectivity index (χ2v) is 6.98. The number of para-hydroxylation sites is 2. The summed E-state index contributed by atoms with van der Waals surface area (Å²) in [5.74, 6) is 2.55. The minimum Gasteiger partial charge on any atom is -0.495 e. The number of rotatable bonds is 3. The number of urea groups is 1. The third kappa shape index (κ3) is 3.67. The average molecular weight is 342 g/mol. The lowest BCUT2D eigenvalue weighted by Gasteiger charge is -2.35. The van der Waals surface area contributed by atoms with Gasteiger partial charge < -0.3 is 15.0 Å². The van der Waals surface area contributed by atoms with Crippen molar-refractivity contribution in [2.24, 2.45) is 0 Å². The average Bonchev–Trinajstić information content (AvgIpc) is 2.63. The molecule has 24 heavy (non-hydrogen) atoms. The normalized spacial score (nSPS) is 17.4. The van der Waals surface area contributed by atoms with E-state index in [2.05, 4.69) is 36.5 Å². The molecule has 0 radical (unpaired) electrons. The van der Waals surface area contributed by atoms with E-state index in [1.54, 1.807) is 7.11 Å². The minimum absolute atomic E-state index is 0.0784. The zero-order valence-corrected chi connectivity index (χ0v) is 14.8. The highest BCUT2D eigenvalue weighted by Gasteiger charge is 2.28. The molecule has 0 aromatic heterocycles. The Kier molecular flexibility index (Phi) is 5.30. The van der Waals surface area contributed by atoms with Crippen molar-refractivity contribution in [2.45, 2.75) is 13.0 Å². The Morgan fingerprint density at radius 1 is 1.21 bits per heavy atom. The van der Waals surface area contributed by atoms with E-state index in [-0.39, 0.29) is 12.1 Å². The van der Waals surface area contributed by atoms with E-state index in [1.807, 2.05) is 40.9 Å². The van der Waals surface area contributed by atoms with Gasteiger partial charge in [0.15, 0.2) is 0 Å². The maximum absolute atomic E-state index is 12.8. The van der Waals surface area contributed by atoms with Crippen molar-refractivity contribution in [3.63, 3.8) is 0 Å². The summed E-state index contributed by atoms with van der Waals surface area (Å²) in [5, 5.41) is 3.00. The van der Waals surface area contributed by atoms with Crippen molar-refractivity contribution >= 4 is 23.5 Å². The van der Waals surface area contributed by atoms with Crippen LogP contribution >= 0.6 is 11.8 Å². The molecule has 3 rings (SSSR count). The van der Waals surface area contributed by atoms with Crippen molar-refractivity contribution in [3.8, 4) is 5.75 Å². The summed E-state index contributed by atoms with van der Waals surface area (Å²) in [7, 11) is 1.61. The Labute approximate surface area is 147 Å². The van der Waals surface area contributed by atoms with Crippen LogP contribution in [0.3, 0.4) is 0 Å². The lowest BCUT2D eigenvalue weighted by Crippen LogP contribution is -2.43. The molecule has 1 aliphatic rings. The van der Waals surface area contributed by atoms with Gasteiger partial charge in [-0.1, -0.05) is 42.0 Å². The molecule has 2 aromatic carbocycles. The molecular weight excluding hydrogens is 320 g/mol. The summed E-state index contributed by atoms with van der Waals surface area (Å²) in [5.41, 5.74) is 3.11. The number of carbonyl (C=O) groups is 1. The molecule has 0 bridgehead atoms. The lowest BCUT2D eigenvalue weighted by atomic mass is 10.1. The molecule has 0 unspecified atom stereocenters. The van der Waals surface area contributed by atoms with Crippen LogP contribution in [0.4, 0.5) is 10.5 Å². The predicted octanol–water partition coefficient (Wildman–Crippen LogP) is 4.33. The number of thioether (sulfide) groups is 1. The number of methoxy groups -OCH3 is 1. The van der Waals surface area contributed by atoms with Crippen molar-refractivity contribution in [3.05, 3.63) is 59.7 Å². The summed E-state index contributed by atoms with van der Waals surface area (Å²) in [6.45, 7) is 2.82. The molecule has 2 amide bonds. The topological polar surface area (TPSA) is 41.6 Å². The molecule has 1 aliphatic heterocycles. The van der Waals surface area contributed by atoms with E-state index < -0.39 is 0 Å². The first kappa shape index (κ1) is 16.7. The van der Waals surface area contributed by atoms with Crippen LogP contribution in [0, 0.1) is 6.92 Å². The van der Waals surface area contributed by atoms with E-state index in [0.29, 0.717) is 11.4 Å². The number of amides is 2. The van der Waals surface area contributed by atoms with Gasteiger partial charge in [-0.2, -0.15) is 11.8 Å². The van der Waals surface area contributed by atoms with Crippen molar-refractivity contribution < 1.29 is 9.53 Å². The van der Waals surface area contributed by atoms with Crippen molar-refractivity contribution in [1.82, 2.24) is 4.90 Å². The molecule has 126 valence electrons. The molecular formula is C19H22N2O2S. The van der Waals surface area contributed by atoms with Crippen LogP contribution in [0.25, 0.3) is 0 Å². The number of benzene rings is 2. The maximum Gasteiger partial charge on any atom is 0.322 e. The van der Waals surface area contributed by atoms with Crippen molar-refractivity contribution in [2.75, 3.05) is 30.5 Å². The van der Waals surface area contributed by atoms with Crippen LogP contribution in [0.2, 0.25) is 0 Å². The summed E-state index contributed by atoms with van der Waals surface area (Å²) < 4.78 is 5.32. The molecule has 5 heteroatoms. The van der Waals surface area contributed by atoms with Gasteiger partial charge in [-0.15, -0.1) is 0 Å². The zero-order valence-electron chi connectivity index (χ0n) is 14.0. The standard InChI is InChI=1S/C19H22N2O2S/c1-14-7-9-15(10-8-14)17-13-24-12-11-21(17)19(22)20-16-5-3-4-6-18(16)23-2/h3-10,17H,11-13H2,1-2H3,(H,20,22)/t17-/m0/s1. The maximum atomic E-state index is 12.8. The monoisotopic (exact) mass is 342 g/mol. The number of hydrogen-bond donors (Lipinski definition) is 1. The number of nitrogens with zero attached hydrogens (tertiary/aromatic N) is 1. The fourth-order valence-electron chi connectivity index (χ4n) is 2.85. The number of hydrogen-bond acceptors (Lipinski definition) is 3. The Morgan fingerprint density at radius 2 is 1.96 bits per heavy atom. The number of anilines is 1. The van der Waals surface area contributed by atoms with E-state index in [9.17, 15) is 4.79 Å². The Balaban J connectivity index is 1.79. The van der Waals surface area contributed by atoms with Crippen LogP contribution in [-0.4, -0.2) is 36.1 Å². The first-order valence-electron chi connectivity index (χ1n) is 8.04. The van der Waals surface area contributed by atoms with Crippen LogP contribution in [0.1, 0.15) is 17.2 Å². The van der Waals surface area contributed by atoms with Gasteiger partial charge in [0.1, 0.15) is 5.75 Å². The lowest BCUT2D eigenvalue weighted by molar-refractivity contribution is 0.196. The molecule has 1 N–H and O–H groups in total. The van der Waals surface area contributed by atoms with Crippen LogP contribution in [-0.2, 0) is 0 Å². The predicted molar refractivity (Wildman–Crippen MR) is 100.0 cm³/mol. The van der Waals surface area contributed by atoms with Crippen LogP contribution in [0.5, 0.6) is 5.75 Å². The third-order valence-corrected chi connectivity index (χ3v) is 5.22. The second-order valence-electron chi connectivity index (χ2n) is 5.83. The second kappa shape index (κ2) is 7.62. The fraction of sp³-hybridized carbons (Fsp3) is 0.316.